The zero-order valence-corrected chi connectivity index (χ0v) is 36.5. The summed E-state index contributed by atoms with van der Waals surface area (Å²) in [6.07, 6.45) is 3.74. The number of piperidine rings is 1. The second kappa shape index (κ2) is 17.9. The van der Waals surface area contributed by atoms with Gasteiger partial charge >= 0.3 is 0 Å². The summed E-state index contributed by atoms with van der Waals surface area (Å²) >= 11 is 6.06. The fraction of sp³-hybridized carbons (Fsp3) is 0.413. The number of aromatic nitrogens is 1. The van der Waals surface area contributed by atoms with E-state index in [2.05, 4.69) is 11.9 Å². The Morgan fingerprint density at radius 1 is 1.02 bits per heavy atom. The number of methoxy groups -OCH3 is 1. The summed E-state index contributed by atoms with van der Waals surface area (Å²) in [6.45, 7) is 10.8. The van der Waals surface area contributed by atoms with Crippen LogP contribution in [-0.4, -0.2) is 91.3 Å². The van der Waals surface area contributed by atoms with Gasteiger partial charge in [-0.2, -0.15) is 0 Å². The summed E-state index contributed by atoms with van der Waals surface area (Å²) in [7, 11) is -1.90. The van der Waals surface area contributed by atoms with Crippen molar-refractivity contribution in [2.24, 2.45) is 17.3 Å². The molecule has 2 aliphatic heterocycles. The summed E-state index contributed by atoms with van der Waals surface area (Å²) in [5.74, 6) is -2.31. The summed E-state index contributed by atoms with van der Waals surface area (Å²) < 4.78 is 38.3. The Balaban J connectivity index is 1.24. The number of rotatable bonds is 13. The van der Waals surface area contributed by atoms with Gasteiger partial charge in [0.05, 0.1) is 36.5 Å². The minimum Gasteiger partial charge on any atom is -0.497 e. The predicted octanol–water partition coefficient (Wildman–Crippen LogP) is 6.60. The highest BCUT2D eigenvalue weighted by atomic mass is 35.5. The maximum Gasteiger partial charge on any atom is 0.266 e. The molecule has 1 N–H and O–H groups in total. The van der Waals surface area contributed by atoms with Gasteiger partial charge in [0.2, 0.25) is 28.6 Å². The second-order valence-corrected chi connectivity index (χ2v) is 18.5. The molecule has 322 valence electrons. The third kappa shape index (κ3) is 9.25. The Labute approximate surface area is 363 Å². The molecule has 5 atom stereocenters. The number of benzene rings is 3. The van der Waals surface area contributed by atoms with Crippen LogP contribution in [0.3, 0.4) is 0 Å². The number of carbonyl (C=O) groups is 4. The summed E-state index contributed by atoms with van der Waals surface area (Å²) in [4.78, 5) is 66.0. The number of ether oxygens (including phenoxy) is 2. The van der Waals surface area contributed by atoms with E-state index in [9.17, 15) is 22.8 Å². The number of hydrogen-bond acceptors (Lipinski definition) is 9. The number of likely N-dealkylation sites (tertiary alicyclic amines) is 2. The number of nitrogens with zero attached hydrogens (tertiary/aromatic N) is 4. The Morgan fingerprint density at radius 2 is 1.72 bits per heavy atom. The molecule has 7 rings (SSSR count). The van der Waals surface area contributed by atoms with Crippen molar-refractivity contribution >= 4 is 62.7 Å². The first-order valence-corrected chi connectivity index (χ1v) is 22.1. The highest BCUT2D eigenvalue weighted by molar-refractivity contribution is 7.75. The molecule has 3 aliphatic rings. The van der Waals surface area contributed by atoms with E-state index in [-0.39, 0.29) is 43.3 Å². The minimum absolute atomic E-state index is 0.00278. The quantitative estimate of drug-likeness (QED) is 0.112. The fourth-order valence-electron chi connectivity index (χ4n) is 8.50. The summed E-state index contributed by atoms with van der Waals surface area (Å²) in [5.41, 5.74) is -0.150. The molecule has 3 heterocycles. The number of pyridine rings is 1. The van der Waals surface area contributed by atoms with Gasteiger partial charge in [0, 0.05) is 60.0 Å². The van der Waals surface area contributed by atoms with Crippen molar-refractivity contribution in [1.29, 1.82) is 0 Å². The van der Waals surface area contributed by atoms with Gasteiger partial charge in [0.1, 0.15) is 29.2 Å². The number of halogens is 1. The van der Waals surface area contributed by atoms with Gasteiger partial charge in [0.25, 0.3) is 5.91 Å². The van der Waals surface area contributed by atoms with Crippen LogP contribution in [0.15, 0.2) is 91.5 Å². The van der Waals surface area contributed by atoms with E-state index < -0.39 is 57.6 Å². The van der Waals surface area contributed by atoms with E-state index in [4.69, 9.17) is 26.1 Å². The Morgan fingerprint density at radius 3 is 2.34 bits per heavy atom. The van der Waals surface area contributed by atoms with Crippen molar-refractivity contribution in [2.45, 2.75) is 77.0 Å². The number of amides is 4. The number of fused-ring (bicyclic) bond motifs is 1. The molecule has 4 amide bonds. The third-order valence-electron chi connectivity index (χ3n) is 12.1. The van der Waals surface area contributed by atoms with Crippen LogP contribution in [0.2, 0.25) is 5.02 Å². The van der Waals surface area contributed by atoms with Crippen molar-refractivity contribution in [2.75, 3.05) is 31.0 Å². The standard InChI is InChI=1S/C46H52ClN5O8S/c1-6-30-27-46(30,44(56)52(61(57)58)32-17-15-31(47)16-18-32)49-42(54)39-24-34(28-51(39)43(55)36(45(2,3)4)25-41(53)50-21-11-8-12-22-50)60-40-26-37(29-13-9-7-10-14-29)48-38-23-33(59-5)19-20-35(38)40/h6-7,9-10,13-20,23,26,30,34,36,39,61H,1,8,11-12,21-22,24-25,27-28H2,2-5H3,(H,49,54)/t30-,34-,36-,39+,46-/m1/s1. The first-order valence-electron chi connectivity index (χ1n) is 20.6. The topological polar surface area (TPSA) is 156 Å². The lowest BCUT2D eigenvalue weighted by molar-refractivity contribution is -0.148. The van der Waals surface area contributed by atoms with Crippen LogP contribution >= 0.6 is 11.6 Å². The number of carbonyl (C=O) groups excluding carboxylic acids is 4. The Kier molecular flexibility index (Phi) is 12.8. The largest absolute Gasteiger partial charge is 0.497 e. The van der Waals surface area contributed by atoms with E-state index in [0.29, 0.717) is 50.5 Å². The molecule has 1 saturated carbocycles. The molecule has 0 spiro atoms. The molecule has 0 bridgehead atoms. The maximum atomic E-state index is 15.0. The molecule has 4 aromatic rings. The van der Waals surface area contributed by atoms with Crippen LogP contribution in [0, 0.1) is 17.3 Å². The van der Waals surface area contributed by atoms with Gasteiger partial charge in [0.15, 0.2) is 0 Å². The molecule has 3 fully saturated rings. The van der Waals surface area contributed by atoms with E-state index in [1.807, 2.05) is 74.2 Å². The van der Waals surface area contributed by atoms with Gasteiger partial charge < -0.3 is 24.6 Å². The number of nitrogens with one attached hydrogen (secondary N) is 1. The Bertz CT molecular complexity index is 2390. The molecule has 61 heavy (non-hydrogen) atoms. The van der Waals surface area contributed by atoms with Crippen molar-refractivity contribution in [1.82, 2.24) is 20.1 Å². The van der Waals surface area contributed by atoms with E-state index >= 15 is 4.79 Å². The second-order valence-electron chi connectivity index (χ2n) is 17.1. The van der Waals surface area contributed by atoms with Gasteiger partial charge in [-0.15, -0.1) is 6.58 Å². The minimum atomic E-state index is -3.48. The highest BCUT2D eigenvalue weighted by Crippen LogP contribution is 2.47. The van der Waals surface area contributed by atoms with Gasteiger partial charge in [-0.3, -0.25) is 19.2 Å². The van der Waals surface area contributed by atoms with Crippen molar-refractivity contribution in [3.8, 4) is 22.8 Å². The summed E-state index contributed by atoms with van der Waals surface area (Å²) in [5, 5.41) is 3.93. The van der Waals surface area contributed by atoms with Gasteiger partial charge in [-0.05, 0) is 67.5 Å². The van der Waals surface area contributed by atoms with Crippen LogP contribution in [0.5, 0.6) is 11.5 Å². The van der Waals surface area contributed by atoms with Crippen LogP contribution in [0.1, 0.15) is 59.3 Å². The van der Waals surface area contributed by atoms with E-state index in [1.54, 1.807) is 13.2 Å². The molecule has 3 aromatic carbocycles. The SMILES string of the molecule is C=C[C@@H]1C[C@]1(NC(=O)[C@@H]1C[C@@H](Oc2cc(-c3ccccc3)nc3cc(OC)ccc23)CN1C(=O)[C@@H](CC(=O)N1CCCCC1)C(C)(C)C)C(=O)N(c1ccc(Cl)cc1)[SH](=O)=O. The average Bonchev–Trinajstić information content (AvgIpc) is 3.81. The smallest absolute Gasteiger partial charge is 0.266 e. The molecule has 15 heteroatoms. The molecule has 1 aromatic heterocycles. The van der Waals surface area contributed by atoms with Crippen LogP contribution < -0.4 is 19.1 Å². The average molecular weight is 870 g/mol. The molecule has 1 aliphatic carbocycles. The number of anilines is 1. The fourth-order valence-corrected chi connectivity index (χ4v) is 9.27. The van der Waals surface area contributed by atoms with E-state index in [0.717, 1.165) is 24.8 Å². The van der Waals surface area contributed by atoms with Crippen molar-refractivity contribution in [3.63, 3.8) is 0 Å². The predicted molar refractivity (Wildman–Crippen MR) is 235 cm³/mol. The first kappa shape index (κ1) is 43.6. The molecule has 0 radical (unpaired) electrons. The molecular formula is C46H52ClN5O8S. The number of hydrogen-bond donors (Lipinski definition) is 2. The molecule has 13 nitrogen and oxygen atoms in total. The van der Waals surface area contributed by atoms with Gasteiger partial charge in [-0.25, -0.2) is 17.7 Å². The third-order valence-corrected chi connectivity index (χ3v) is 13.1. The Hall–Kier alpha value is -5.47. The van der Waals surface area contributed by atoms with Crippen molar-refractivity contribution < 1.29 is 37.1 Å². The molecule has 0 unspecified atom stereocenters. The zero-order valence-electron chi connectivity index (χ0n) is 34.8. The van der Waals surface area contributed by atoms with E-state index in [1.165, 1.54) is 35.2 Å². The lowest BCUT2D eigenvalue weighted by Crippen LogP contribution is -2.57. The lowest BCUT2D eigenvalue weighted by Gasteiger charge is -2.36. The first-order chi connectivity index (χ1) is 29.1. The molecule has 2 saturated heterocycles. The van der Waals surface area contributed by atoms with Crippen LogP contribution in [0.25, 0.3) is 22.2 Å². The molecular weight excluding hydrogens is 818 g/mol. The highest BCUT2D eigenvalue weighted by Gasteiger charge is 2.63. The normalized spacial score (nSPS) is 21.8. The monoisotopic (exact) mass is 869 g/mol. The van der Waals surface area contributed by atoms with Crippen molar-refractivity contribution in [3.05, 3.63) is 96.5 Å². The summed E-state index contributed by atoms with van der Waals surface area (Å²) in [6, 6.07) is 21.5. The maximum absolute atomic E-state index is 15.0. The van der Waals surface area contributed by atoms with Gasteiger partial charge in [-0.1, -0.05) is 68.8 Å². The zero-order chi connectivity index (χ0) is 43.6. The van der Waals surface area contributed by atoms with Crippen LogP contribution in [-0.2, 0) is 30.1 Å². The lowest BCUT2D eigenvalue weighted by atomic mass is 9.77. The number of thiol groups is 1. The van der Waals surface area contributed by atoms with Crippen LogP contribution in [0.4, 0.5) is 5.69 Å².